The second-order valence-electron chi connectivity index (χ2n) is 6.34. The molecule has 1 atom stereocenters. The minimum atomic E-state index is -1.22. The highest BCUT2D eigenvalue weighted by molar-refractivity contribution is 7.99. The number of benzene rings is 2. The summed E-state index contributed by atoms with van der Waals surface area (Å²) in [4.78, 5) is 12.3. The molecule has 1 aromatic heterocycles. The van der Waals surface area contributed by atoms with Crippen LogP contribution in [-0.2, 0) is 4.79 Å². The van der Waals surface area contributed by atoms with Crippen LogP contribution in [0.25, 0.3) is 5.69 Å². The third kappa shape index (κ3) is 4.78. The molecule has 1 heterocycles. The van der Waals surface area contributed by atoms with Crippen molar-refractivity contribution in [3.8, 4) is 11.8 Å². The summed E-state index contributed by atoms with van der Waals surface area (Å²) >= 11 is 1.14. The maximum atomic E-state index is 13.9. The average molecular weight is 413 g/mol. The van der Waals surface area contributed by atoms with Crippen LogP contribution in [0.5, 0.6) is 0 Å². The van der Waals surface area contributed by atoms with Gasteiger partial charge in [0.1, 0.15) is 24.0 Å². The first-order valence-electron chi connectivity index (χ1n) is 8.63. The normalized spacial score (nSPS) is 11.7. The van der Waals surface area contributed by atoms with Gasteiger partial charge < -0.3 is 5.32 Å². The van der Waals surface area contributed by atoms with Gasteiger partial charge in [0.2, 0.25) is 5.91 Å². The van der Waals surface area contributed by atoms with Gasteiger partial charge in [-0.2, -0.15) is 5.26 Å². The standard InChI is InChI=1S/C20H17F2N5OS/c1-12-3-5-15(7-13(12)2)27-11-24-26-20(27)29-10-19(28)25-18(9-23)16-6-4-14(21)8-17(16)22/h3-8,11,18H,10H2,1-2H3,(H,25,28). The summed E-state index contributed by atoms with van der Waals surface area (Å²) in [5.41, 5.74) is 3.05. The zero-order chi connectivity index (χ0) is 21.0. The van der Waals surface area contributed by atoms with Crippen molar-refractivity contribution in [2.75, 3.05) is 5.75 Å². The quantitative estimate of drug-likeness (QED) is 0.624. The van der Waals surface area contributed by atoms with Gasteiger partial charge in [-0.1, -0.05) is 23.9 Å². The molecule has 9 heteroatoms. The SMILES string of the molecule is Cc1ccc(-n2cnnc2SCC(=O)NC(C#N)c2ccc(F)cc2F)cc1C. The topological polar surface area (TPSA) is 83.6 Å². The van der Waals surface area contributed by atoms with Gasteiger partial charge in [0.05, 0.1) is 11.8 Å². The van der Waals surface area contributed by atoms with Crippen molar-refractivity contribution in [3.05, 3.63) is 71.1 Å². The van der Waals surface area contributed by atoms with Crippen molar-refractivity contribution in [2.24, 2.45) is 0 Å². The van der Waals surface area contributed by atoms with Crippen LogP contribution in [0.2, 0.25) is 0 Å². The monoisotopic (exact) mass is 413 g/mol. The highest BCUT2D eigenvalue weighted by Crippen LogP contribution is 2.22. The Labute approximate surface area is 170 Å². The molecule has 0 aliphatic heterocycles. The molecule has 0 saturated heterocycles. The van der Waals surface area contributed by atoms with Gasteiger partial charge in [-0.15, -0.1) is 10.2 Å². The largest absolute Gasteiger partial charge is 0.336 e. The lowest BCUT2D eigenvalue weighted by Crippen LogP contribution is -2.29. The van der Waals surface area contributed by atoms with Crippen molar-refractivity contribution in [2.45, 2.75) is 25.0 Å². The smallest absolute Gasteiger partial charge is 0.231 e. The van der Waals surface area contributed by atoms with E-state index in [1.165, 1.54) is 0 Å². The lowest BCUT2D eigenvalue weighted by atomic mass is 10.1. The van der Waals surface area contributed by atoms with E-state index >= 15 is 0 Å². The van der Waals surface area contributed by atoms with Crippen LogP contribution in [0.15, 0.2) is 47.9 Å². The molecule has 148 valence electrons. The van der Waals surface area contributed by atoms with Gasteiger partial charge in [0.15, 0.2) is 5.16 Å². The molecule has 0 bridgehead atoms. The first-order chi connectivity index (χ1) is 13.9. The number of hydrogen-bond donors (Lipinski definition) is 1. The Morgan fingerprint density at radius 2 is 2.03 bits per heavy atom. The van der Waals surface area contributed by atoms with Crippen molar-refractivity contribution < 1.29 is 13.6 Å². The molecular formula is C20H17F2N5OS. The van der Waals surface area contributed by atoms with E-state index in [1.54, 1.807) is 10.9 Å². The van der Waals surface area contributed by atoms with E-state index in [1.807, 2.05) is 38.1 Å². The summed E-state index contributed by atoms with van der Waals surface area (Å²) in [6.45, 7) is 4.01. The van der Waals surface area contributed by atoms with Crippen molar-refractivity contribution in [3.63, 3.8) is 0 Å². The molecule has 29 heavy (non-hydrogen) atoms. The summed E-state index contributed by atoms with van der Waals surface area (Å²) in [6.07, 6.45) is 1.55. The minimum absolute atomic E-state index is 0.0511. The fourth-order valence-corrected chi connectivity index (χ4v) is 3.36. The lowest BCUT2D eigenvalue weighted by Gasteiger charge is -2.13. The molecule has 1 unspecified atom stereocenters. The molecule has 6 nitrogen and oxygen atoms in total. The van der Waals surface area contributed by atoms with Gasteiger partial charge in [-0.25, -0.2) is 8.78 Å². The number of amides is 1. The zero-order valence-electron chi connectivity index (χ0n) is 15.7. The molecule has 0 saturated carbocycles. The molecule has 1 amide bonds. The Morgan fingerprint density at radius 1 is 1.24 bits per heavy atom. The molecule has 0 aliphatic carbocycles. The van der Waals surface area contributed by atoms with E-state index in [4.69, 9.17) is 0 Å². The number of nitrogens with zero attached hydrogens (tertiary/aromatic N) is 4. The van der Waals surface area contributed by atoms with Crippen LogP contribution < -0.4 is 5.32 Å². The average Bonchev–Trinajstić information content (AvgIpc) is 3.16. The Kier molecular flexibility index (Phi) is 6.24. The van der Waals surface area contributed by atoms with E-state index in [0.29, 0.717) is 11.2 Å². The second-order valence-corrected chi connectivity index (χ2v) is 7.28. The number of carbonyl (C=O) groups excluding carboxylic acids is 1. The highest BCUT2D eigenvalue weighted by atomic mass is 32.2. The van der Waals surface area contributed by atoms with Crippen molar-refractivity contribution in [1.82, 2.24) is 20.1 Å². The molecule has 0 spiro atoms. The van der Waals surface area contributed by atoms with Crippen LogP contribution >= 0.6 is 11.8 Å². The first kappa shape index (κ1) is 20.5. The predicted octanol–water partition coefficient (Wildman–Crippen LogP) is 3.64. The number of thioether (sulfide) groups is 1. The molecule has 0 radical (unpaired) electrons. The van der Waals surface area contributed by atoms with Crippen molar-refractivity contribution >= 4 is 17.7 Å². The third-order valence-corrected chi connectivity index (χ3v) is 5.27. The summed E-state index contributed by atoms with van der Waals surface area (Å²) in [5, 5.41) is 20.1. The third-order valence-electron chi connectivity index (χ3n) is 4.33. The van der Waals surface area contributed by atoms with Gasteiger partial charge in [0, 0.05) is 17.3 Å². The van der Waals surface area contributed by atoms with Crippen LogP contribution in [0.3, 0.4) is 0 Å². The fraction of sp³-hybridized carbons (Fsp3) is 0.200. The van der Waals surface area contributed by atoms with Crippen LogP contribution in [0.4, 0.5) is 8.78 Å². The Balaban J connectivity index is 1.67. The van der Waals surface area contributed by atoms with E-state index < -0.39 is 23.6 Å². The van der Waals surface area contributed by atoms with Gasteiger partial charge in [-0.3, -0.25) is 9.36 Å². The van der Waals surface area contributed by atoms with E-state index in [-0.39, 0.29) is 11.3 Å². The van der Waals surface area contributed by atoms with Crippen molar-refractivity contribution in [1.29, 1.82) is 5.26 Å². The molecule has 0 aliphatic rings. The number of halogens is 2. The van der Waals surface area contributed by atoms with Gasteiger partial charge in [-0.05, 0) is 43.2 Å². The zero-order valence-corrected chi connectivity index (χ0v) is 16.5. The molecule has 0 fully saturated rings. The minimum Gasteiger partial charge on any atom is -0.336 e. The van der Waals surface area contributed by atoms with Gasteiger partial charge >= 0.3 is 0 Å². The number of nitrogens with one attached hydrogen (secondary N) is 1. The lowest BCUT2D eigenvalue weighted by molar-refractivity contribution is -0.118. The first-order valence-corrected chi connectivity index (χ1v) is 9.62. The number of carbonyl (C=O) groups is 1. The number of hydrogen-bond acceptors (Lipinski definition) is 5. The molecular weight excluding hydrogens is 396 g/mol. The van der Waals surface area contributed by atoms with E-state index in [0.717, 1.165) is 40.7 Å². The summed E-state index contributed by atoms with van der Waals surface area (Å²) in [6, 6.07) is 9.35. The van der Waals surface area contributed by atoms with E-state index in [2.05, 4.69) is 15.5 Å². The molecule has 3 rings (SSSR count). The summed E-state index contributed by atoms with van der Waals surface area (Å²) in [7, 11) is 0. The maximum Gasteiger partial charge on any atom is 0.231 e. The molecule has 1 N–H and O–H groups in total. The highest BCUT2D eigenvalue weighted by Gasteiger charge is 2.19. The predicted molar refractivity (Wildman–Crippen MR) is 104 cm³/mol. The number of rotatable bonds is 6. The fourth-order valence-electron chi connectivity index (χ4n) is 2.62. The number of aromatic nitrogens is 3. The molecule has 2 aromatic carbocycles. The maximum absolute atomic E-state index is 13.9. The van der Waals surface area contributed by atoms with Crippen LogP contribution in [0.1, 0.15) is 22.7 Å². The Hall–Kier alpha value is -3.25. The van der Waals surface area contributed by atoms with Crippen LogP contribution in [-0.4, -0.2) is 26.4 Å². The van der Waals surface area contributed by atoms with E-state index in [9.17, 15) is 18.8 Å². The number of aryl methyl sites for hydroxylation is 2. The number of nitriles is 1. The van der Waals surface area contributed by atoms with Crippen LogP contribution in [0, 0.1) is 36.8 Å². The Morgan fingerprint density at radius 3 is 2.72 bits per heavy atom. The van der Waals surface area contributed by atoms with Gasteiger partial charge in [0.25, 0.3) is 0 Å². The summed E-state index contributed by atoms with van der Waals surface area (Å²) in [5.74, 6) is -2.18. The molecule has 3 aromatic rings. The Bertz CT molecular complexity index is 1090. The summed E-state index contributed by atoms with van der Waals surface area (Å²) < 4.78 is 28.7. The second kappa shape index (κ2) is 8.84.